The molecule has 3 nitrogen and oxygen atoms in total. The fourth-order valence-corrected chi connectivity index (χ4v) is 2.78. The minimum absolute atomic E-state index is 0.180. The van der Waals surface area contributed by atoms with E-state index < -0.39 is 12.0 Å². The van der Waals surface area contributed by atoms with Gasteiger partial charge in [0.1, 0.15) is 11.9 Å². The molecule has 1 atom stereocenters. The molecule has 0 fully saturated rings. The van der Waals surface area contributed by atoms with Crippen molar-refractivity contribution in [2.24, 2.45) is 0 Å². The van der Waals surface area contributed by atoms with Crippen molar-refractivity contribution in [2.75, 3.05) is 12.8 Å². The molecule has 136 valence electrons. The Labute approximate surface area is 154 Å². The maximum absolute atomic E-state index is 13.2. The van der Waals surface area contributed by atoms with Crippen LogP contribution in [0.2, 0.25) is 0 Å². The lowest BCUT2D eigenvalue weighted by molar-refractivity contribution is -0.138. The Kier molecular flexibility index (Phi) is 9.24. The van der Waals surface area contributed by atoms with E-state index in [1.54, 1.807) is 19.2 Å². The van der Waals surface area contributed by atoms with Gasteiger partial charge in [-0.1, -0.05) is 44.2 Å². The lowest BCUT2D eigenvalue weighted by Gasteiger charge is -2.09. The Morgan fingerprint density at radius 1 is 1.12 bits per heavy atom. The predicted molar refractivity (Wildman–Crippen MR) is 105 cm³/mol. The maximum atomic E-state index is 13.2. The minimum Gasteiger partial charge on any atom is -0.480 e. The van der Waals surface area contributed by atoms with Gasteiger partial charge in [-0.2, -0.15) is 12.6 Å². The van der Waals surface area contributed by atoms with Gasteiger partial charge in [0.2, 0.25) is 0 Å². The van der Waals surface area contributed by atoms with E-state index >= 15 is 0 Å². The van der Waals surface area contributed by atoms with Crippen LogP contribution in [0.25, 0.3) is 11.1 Å². The van der Waals surface area contributed by atoms with Crippen molar-refractivity contribution in [1.29, 1.82) is 0 Å². The van der Waals surface area contributed by atoms with Gasteiger partial charge < -0.3 is 10.4 Å². The first-order valence-electron chi connectivity index (χ1n) is 8.35. The molecule has 2 aromatic rings. The van der Waals surface area contributed by atoms with E-state index in [1.165, 1.54) is 17.2 Å². The zero-order valence-electron chi connectivity index (χ0n) is 14.9. The molecule has 0 spiro atoms. The zero-order valence-corrected chi connectivity index (χ0v) is 15.8. The molecule has 2 rings (SSSR count). The van der Waals surface area contributed by atoms with Crippen LogP contribution < -0.4 is 5.32 Å². The van der Waals surface area contributed by atoms with Crippen LogP contribution in [0, 0.1) is 5.82 Å². The minimum atomic E-state index is -0.859. The number of carboxylic acids is 1. The number of hydrogen-bond donors (Lipinski definition) is 3. The van der Waals surface area contributed by atoms with Gasteiger partial charge in [0.05, 0.1) is 0 Å². The molecular weight excluding hydrogens is 337 g/mol. The van der Waals surface area contributed by atoms with Crippen LogP contribution in [0.5, 0.6) is 0 Å². The van der Waals surface area contributed by atoms with Crippen LogP contribution in [0.1, 0.15) is 25.0 Å². The van der Waals surface area contributed by atoms with Gasteiger partial charge in [0.25, 0.3) is 0 Å². The van der Waals surface area contributed by atoms with Gasteiger partial charge >= 0.3 is 5.97 Å². The summed E-state index contributed by atoms with van der Waals surface area (Å²) < 4.78 is 13.2. The Hall–Kier alpha value is -1.85. The first-order chi connectivity index (χ1) is 12.0. The highest BCUT2D eigenvalue weighted by Gasteiger charge is 2.10. The summed E-state index contributed by atoms with van der Waals surface area (Å²) in [6, 6.07) is 12.6. The lowest BCUT2D eigenvalue weighted by Crippen LogP contribution is -2.35. The van der Waals surface area contributed by atoms with Gasteiger partial charge in [-0.25, -0.2) is 4.39 Å². The number of halogens is 1. The van der Waals surface area contributed by atoms with Crippen molar-refractivity contribution < 1.29 is 14.3 Å². The quantitative estimate of drug-likeness (QED) is 0.674. The molecule has 2 aromatic carbocycles. The molecule has 2 N–H and O–H groups in total. The molecule has 0 bridgehead atoms. The number of aliphatic carboxylic acids is 1. The number of likely N-dealkylation sites (N-methyl/N-ethyl adjacent to an activating group) is 1. The summed E-state index contributed by atoms with van der Waals surface area (Å²) in [6.07, 6.45) is 2.07. The molecule has 0 aliphatic heterocycles. The van der Waals surface area contributed by atoms with Crippen LogP contribution in [-0.4, -0.2) is 29.9 Å². The molecule has 0 aliphatic carbocycles. The van der Waals surface area contributed by atoms with Crippen molar-refractivity contribution in [3.8, 4) is 11.1 Å². The van der Waals surface area contributed by atoms with Crippen molar-refractivity contribution in [2.45, 2.75) is 32.7 Å². The number of carbonyl (C=O) groups is 1. The molecule has 0 saturated carbocycles. The second-order valence-corrected chi connectivity index (χ2v) is 5.93. The van der Waals surface area contributed by atoms with Crippen LogP contribution in [0.15, 0.2) is 42.5 Å². The summed E-state index contributed by atoms with van der Waals surface area (Å²) in [5.41, 5.74) is 4.78. The van der Waals surface area contributed by atoms with E-state index in [1.807, 2.05) is 6.07 Å². The predicted octanol–water partition coefficient (Wildman–Crippen LogP) is 4.21. The summed E-state index contributed by atoms with van der Waals surface area (Å²) in [5.74, 6) is -0.714. The highest BCUT2D eigenvalue weighted by Crippen LogP contribution is 2.24. The second-order valence-electron chi connectivity index (χ2n) is 5.56. The average molecular weight is 363 g/mol. The summed E-state index contributed by atoms with van der Waals surface area (Å²) in [5, 5.41) is 10.8. The largest absolute Gasteiger partial charge is 0.480 e. The highest BCUT2D eigenvalue weighted by atomic mass is 32.1. The van der Waals surface area contributed by atoms with Crippen molar-refractivity contribution in [1.82, 2.24) is 5.32 Å². The van der Waals surface area contributed by atoms with Gasteiger partial charge in [-0.15, -0.1) is 0 Å². The van der Waals surface area contributed by atoms with E-state index in [9.17, 15) is 9.18 Å². The van der Waals surface area contributed by atoms with Gasteiger partial charge in [0, 0.05) is 5.75 Å². The molecule has 0 radical (unpaired) electrons. The molecule has 0 saturated heterocycles. The van der Waals surface area contributed by atoms with E-state index in [2.05, 4.69) is 50.0 Å². The Bertz CT molecular complexity index is 687. The Morgan fingerprint density at radius 3 is 2.20 bits per heavy atom. The Morgan fingerprint density at radius 2 is 1.76 bits per heavy atom. The molecule has 0 amide bonds. The van der Waals surface area contributed by atoms with Gasteiger partial charge in [-0.3, -0.25) is 4.79 Å². The summed E-state index contributed by atoms with van der Waals surface area (Å²) >= 11 is 3.79. The first-order valence-corrected chi connectivity index (χ1v) is 8.98. The summed E-state index contributed by atoms with van der Waals surface area (Å²) in [6.45, 7) is 4.32. The summed E-state index contributed by atoms with van der Waals surface area (Å²) in [4.78, 5) is 10.1. The normalized spacial score (nSPS) is 11.4. The molecular formula is C20H26FNO2S. The summed E-state index contributed by atoms with van der Waals surface area (Å²) in [7, 11) is 1.59. The van der Waals surface area contributed by atoms with E-state index in [4.69, 9.17) is 5.11 Å². The van der Waals surface area contributed by atoms with E-state index in [0.29, 0.717) is 5.75 Å². The standard InChI is InChI=1S/C16H17F.C4H9NO2S/c1-3-12-8-9-15(10-13(12)4-2)14-6-5-7-16(17)11-14;1-5-3(2-8)4(6)7/h5-11H,3-4H2,1-2H3;3,5,8H,2H2,1H3,(H,6,7)/t;3-/m.0/s1. The topological polar surface area (TPSA) is 49.3 Å². The Balaban J connectivity index is 0.000000333. The monoisotopic (exact) mass is 363 g/mol. The number of nitrogens with one attached hydrogen (secondary N) is 1. The van der Waals surface area contributed by atoms with Crippen LogP contribution >= 0.6 is 12.6 Å². The molecule has 25 heavy (non-hydrogen) atoms. The number of hydrogen-bond acceptors (Lipinski definition) is 3. The molecule has 0 aromatic heterocycles. The SMILES string of the molecule is CCc1ccc(-c2cccc(F)c2)cc1CC.CN[C@@H](CS)C(=O)O. The fraction of sp³-hybridized carbons (Fsp3) is 0.350. The first kappa shape index (κ1) is 21.2. The highest BCUT2D eigenvalue weighted by molar-refractivity contribution is 7.80. The van der Waals surface area contributed by atoms with Crippen molar-refractivity contribution >= 4 is 18.6 Å². The smallest absolute Gasteiger partial charge is 0.321 e. The molecule has 0 unspecified atom stereocenters. The van der Waals surface area contributed by atoms with Crippen LogP contribution in [0.3, 0.4) is 0 Å². The third-order valence-electron chi connectivity index (χ3n) is 3.96. The molecule has 5 heteroatoms. The number of thiol groups is 1. The van der Waals surface area contributed by atoms with Crippen molar-refractivity contribution in [3.63, 3.8) is 0 Å². The van der Waals surface area contributed by atoms with Crippen LogP contribution in [0.4, 0.5) is 4.39 Å². The molecule has 0 aliphatic rings. The third-order valence-corrected chi connectivity index (χ3v) is 4.32. The van der Waals surface area contributed by atoms with Gasteiger partial charge in [-0.05, 0) is 54.3 Å². The number of carboxylic acid groups (broad SMARTS) is 1. The van der Waals surface area contributed by atoms with E-state index in [0.717, 1.165) is 24.0 Å². The number of aryl methyl sites for hydroxylation is 2. The van der Waals surface area contributed by atoms with Crippen molar-refractivity contribution in [3.05, 3.63) is 59.4 Å². The third kappa shape index (κ3) is 6.52. The van der Waals surface area contributed by atoms with Gasteiger partial charge in [0.15, 0.2) is 0 Å². The molecule has 0 heterocycles. The lowest BCUT2D eigenvalue weighted by atomic mass is 9.96. The maximum Gasteiger partial charge on any atom is 0.321 e. The zero-order chi connectivity index (χ0) is 18.8. The number of benzene rings is 2. The van der Waals surface area contributed by atoms with Crippen LogP contribution in [-0.2, 0) is 17.6 Å². The van der Waals surface area contributed by atoms with E-state index in [-0.39, 0.29) is 5.82 Å². The average Bonchev–Trinajstić information content (AvgIpc) is 2.62. The second kappa shape index (κ2) is 10.9. The fourth-order valence-electron chi connectivity index (χ4n) is 2.44. The number of rotatable bonds is 6.